The molecule has 3 rings (SSSR count). The molecule has 2 aromatic carbocycles. The van der Waals surface area contributed by atoms with Crippen LogP contribution in [0.3, 0.4) is 0 Å². The van der Waals surface area contributed by atoms with Crippen LogP contribution in [-0.2, 0) is 24.2 Å². The monoisotopic (exact) mass is 414 g/mol. The minimum absolute atomic E-state index is 0.0285. The number of nitrogens with zero attached hydrogens (tertiary/aromatic N) is 1. The van der Waals surface area contributed by atoms with Crippen molar-refractivity contribution < 1.29 is 14.3 Å². The number of amides is 1. The van der Waals surface area contributed by atoms with E-state index in [1.807, 2.05) is 32.3 Å². The van der Waals surface area contributed by atoms with E-state index in [1.165, 1.54) is 28.9 Å². The van der Waals surface area contributed by atoms with Gasteiger partial charge in [0.15, 0.2) is 11.5 Å². The lowest BCUT2D eigenvalue weighted by Crippen LogP contribution is -2.24. The molecule has 6 heteroatoms. The van der Waals surface area contributed by atoms with E-state index in [0.29, 0.717) is 24.7 Å². The molecule has 0 spiro atoms. The van der Waals surface area contributed by atoms with E-state index in [2.05, 4.69) is 28.4 Å². The molecule has 156 valence electrons. The van der Waals surface area contributed by atoms with Crippen molar-refractivity contribution in [2.75, 3.05) is 40.1 Å². The third-order valence-electron chi connectivity index (χ3n) is 4.95. The second kappa shape index (κ2) is 10.6. The quantitative estimate of drug-likeness (QED) is 0.603. The summed E-state index contributed by atoms with van der Waals surface area (Å²) in [5.41, 5.74) is 3.88. The molecule has 0 bridgehead atoms. The van der Waals surface area contributed by atoms with Gasteiger partial charge < -0.3 is 19.7 Å². The van der Waals surface area contributed by atoms with Crippen LogP contribution in [0.5, 0.6) is 11.5 Å². The number of hydrogen-bond acceptors (Lipinski definition) is 5. The number of thioether (sulfide) groups is 1. The number of carbonyl (C=O) groups is 1. The number of aryl methyl sites for hydroxylation is 2. The van der Waals surface area contributed by atoms with Crippen LogP contribution in [0.4, 0.5) is 0 Å². The van der Waals surface area contributed by atoms with E-state index in [4.69, 9.17) is 9.47 Å². The number of likely N-dealkylation sites (N-methyl/N-ethyl adjacent to an activating group) is 1. The van der Waals surface area contributed by atoms with E-state index >= 15 is 0 Å². The highest BCUT2D eigenvalue weighted by molar-refractivity contribution is 8.00. The molecular weight excluding hydrogens is 384 g/mol. The van der Waals surface area contributed by atoms with Crippen molar-refractivity contribution in [2.45, 2.75) is 30.7 Å². The molecule has 1 amide bonds. The molecule has 0 aliphatic heterocycles. The lowest BCUT2D eigenvalue weighted by atomic mass is 10.1. The second-order valence-corrected chi connectivity index (χ2v) is 8.54. The van der Waals surface area contributed by atoms with Crippen LogP contribution in [0.15, 0.2) is 41.3 Å². The van der Waals surface area contributed by atoms with Crippen LogP contribution in [0.2, 0.25) is 0 Å². The lowest BCUT2D eigenvalue weighted by molar-refractivity contribution is -0.118. The van der Waals surface area contributed by atoms with E-state index in [-0.39, 0.29) is 5.91 Å². The summed E-state index contributed by atoms with van der Waals surface area (Å²) in [6.07, 6.45) is 3.59. The summed E-state index contributed by atoms with van der Waals surface area (Å²) < 4.78 is 11.2. The van der Waals surface area contributed by atoms with Gasteiger partial charge in [0.2, 0.25) is 5.91 Å². The highest BCUT2D eigenvalue weighted by Gasteiger charge is 2.12. The minimum Gasteiger partial charge on any atom is -0.493 e. The Morgan fingerprint density at radius 1 is 1.10 bits per heavy atom. The van der Waals surface area contributed by atoms with Gasteiger partial charge in [0.05, 0.1) is 12.9 Å². The predicted octanol–water partition coefficient (Wildman–Crippen LogP) is 3.53. The van der Waals surface area contributed by atoms with Gasteiger partial charge in [0, 0.05) is 18.0 Å². The number of fused-ring (bicyclic) bond motifs is 1. The van der Waals surface area contributed by atoms with Gasteiger partial charge in [-0.15, -0.1) is 11.8 Å². The maximum Gasteiger partial charge on any atom is 0.230 e. The second-order valence-electron chi connectivity index (χ2n) is 7.49. The van der Waals surface area contributed by atoms with Crippen LogP contribution in [0.1, 0.15) is 23.1 Å². The first kappa shape index (κ1) is 21.5. The fraction of sp³-hybridized carbons (Fsp3) is 0.435. The summed E-state index contributed by atoms with van der Waals surface area (Å²) in [5.74, 6) is 1.85. The number of carbonyl (C=O) groups excluding carboxylic acids is 1. The summed E-state index contributed by atoms with van der Waals surface area (Å²) in [4.78, 5) is 15.5. The number of benzene rings is 2. The fourth-order valence-corrected chi connectivity index (χ4v) is 4.11. The molecule has 0 saturated heterocycles. The lowest BCUT2D eigenvalue weighted by Gasteiger charge is -2.14. The van der Waals surface area contributed by atoms with Gasteiger partial charge in [0.25, 0.3) is 0 Å². The van der Waals surface area contributed by atoms with Gasteiger partial charge in [-0.3, -0.25) is 4.79 Å². The zero-order chi connectivity index (χ0) is 20.6. The van der Waals surface area contributed by atoms with Crippen molar-refractivity contribution in [1.82, 2.24) is 10.2 Å². The third-order valence-corrected chi connectivity index (χ3v) is 5.95. The van der Waals surface area contributed by atoms with Gasteiger partial charge in [-0.2, -0.15) is 0 Å². The maximum atomic E-state index is 12.3. The zero-order valence-electron chi connectivity index (χ0n) is 17.5. The van der Waals surface area contributed by atoms with Crippen LogP contribution in [-0.4, -0.2) is 50.9 Å². The number of nitrogens with one attached hydrogen (secondary N) is 1. The summed E-state index contributed by atoms with van der Waals surface area (Å²) in [6.45, 7) is 1.90. The van der Waals surface area contributed by atoms with Gasteiger partial charge in [-0.1, -0.05) is 12.1 Å². The highest BCUT2D eigenvalue weighted by atomic mass is 32.2. The Morgan fingerprint density at radius 2 is 1.93 bits per heavy atom. The van der Waals surface area contributed by atoms with Crippen molar-refractivity contribution >= 4 is 17.7 Å². The van der Waals surface area contributed by atoms with Crippen LogP contribution in [0.25, 0.3) is 0 Å². The summed E-state index contributed by atoms with van der Waals surface area (Å²) >= 11 is 1.59. The smallest absolute Gasteiger partial charge is 0.230 e. The molecular formula is C23H30N2O3S. The number of methoxy groups -OCH3 is 1. The van der Waals surface area contributed by atoms with Crippen LogP contribution >= 0.6 is 11.8 Å². The van der Waals surface area contributed by atoms with Crippen LogP contribution in [0, 0.1) is 0 Å². The summed E-state index contributed by atoms with van der Waals surface area (Å²) in [7, 11) is 5.65. The first-order valence-corrected chi connectivity index (χ1v) is 11.0. The van der Waals surface area contributed by atoms with Gasteiger partial charge in [-0.05, 0) is 74.3 Å². The average Bonchev–Trinajstić information content (AvgIpc) is 3.19. The molecule has 0 fully saturated rings. The fourth-order valence-electron chi connectivity index (χ4n) is 3.32. The molecule has 0 atom stereocenters. The minimum atomic E-state index is 0.0285. The molecule has 29 heavy (non-hydrogen) atoms. The molecule has 5 nitrogen and oxygen atoms in total. The van der Waals surface area contributed by atoms with Gasteiger partial charge in [0.1, 0.15) is 6.61 Å². The zero-order valence-corrected chi connectivity index (χ0v) is 18.3. The Morgan fingerprint density at radius 3 is 2.72 bits per heavy atom. The molecule has 2 aromatic rings. The van der Waals surface area contributed by atoms with Crippen molar-refractivity contribution in [3.8, 4) is 11.5 Å². The van der Waals surface area contributed by atoms with E-state index in [1.54, 1.807) is 18.9 Å². The Bertz CT molecular complexity index is 839. The van der Waals surface area contributed by atoms with E-state index in [9.17, 15) is 4.79 Å². The number of hydrogen-bond donors (Lipinski definition) is 1. The Labute approximate surface area is 177 Å². The molecule has 0 saturated carbocycles. The van der Waals surface area contributed by atoms with E-state index in [0.717, 1.165) is 24.3 Å². The molecule has 0 radical (unpaired) electrons. The van der Waals surface area contributed by atoms with Crippen molar-refractivity contribution in [3.63, 3.8) is 0 Å². The Balaban J connectivity index is 1.46. The molecule has 0 aromatic heterocycles. The third kappa shape index (κ3) is 6.41. The van der Waals surface area contributed by atoms with E-state index < -0.39 is 0 Å². The standard InChI is InChI=1S/C23H30N2O3S/c1-25(2)11-12-28-21-10-7-17(13-22(21)27-3)15-24-23(26)16-29-20-9-8-18-5-4-6-19(18)14-20/h7-10,13-14H,4-6,11-12,15-16H2,1-3H3,(H,24,26). The first-order chi connectivity index (χ1) is 14.0. The average molecular weight is 415 g/mol. The highest BCUT2D eigenvalue weighted by Crippen LogP contribution is 2.29. The number of ether oxygens (including phenoxy) is 2. The molecule has 1 aliphatic rings. The largest absolute Gasteiger partial charge is 0.493 e. The summed E-state index contributed by atoms with van der Waals surface area (Å²) in [5, 5.41) is 2.99. The normalized spacial score (nSPS) is 12.7. The van der Waals surface area contributed by atoms with Crippen molar-refractivity contribution in [2.24, 2.45) is 0 Å². The van der Waals surface area contributed by atoms with Crippen LogP contribution < -0.4 is 14.8 Å². The van der Waals surface area contributed by atoms with Crippen molar-refractivity contribution in [3.05, 3.63) is 53.1 Å². The Hall–Kier alpha value is -2.18. The topological polar surface area (TPSA) is 50.8 Å². The van der Waals surface area contributed by atoms with Gasteiger partial charge in [-0.25, -0.2) is 0 Å². The SMILES string of the molecule is COc1cc(CNC(=O)CSc2ccc3c(c2)CCC3)ccc1OCCN(C)C. The Kier molecular flexibility index (Phi) is 7.83. The summed E-state index contributed by atoms with van der Waals surface area (Å²) in [6, 6.07) is 12.3. The van der Waals surface area contributed by atoms with Gasteiger partial charge >= 0.3 is 0 Å². The molecule has 0 heterocycles. The maximum absolute atomic E-state index is 12.3. The molecule has 1 N–H and O–H groups in total. The molecule has 0 unspecified atom stereocenters. The molecule has 1 aliphatic carbocycles. The first-order valence-electron chi connectivity index (χ1n) is 10.0. The predicted molar refractivity (Wildman–Crippen MR) is 118 cm³/mol. The van der Waals surface area contributed by atoms with Crippen molar-refractivity contribution in [1.29, 1.82) is 0 Å². The number of rotatable bonds is 10.